The van der Waals surface area contributed by atoms with E-state index < -0.39 is 18.0 Å². The Balaban J connectivity index is 2.20. The van der Waals surface area contributed by atoms with E-state index in [0.717, 1.165) is 0 Å². The molecule has 19 heavy (non-hydrogen) atoms. The molecule has 2 rings (SSSR count). The Labute approximate surface area is 114 Å². The van der Waals surface area contributed by atoms with Crippen molar-refractivity contribution in [2.75, 3.05) is 13.2 Å². The lowest BCUT2D eigenvalue weighted by Gasteiger charge is -2.43. The molecular formula is C12H15NO5S. The number of aliphatic hydroxyl groups excluding tert-OH is 2. The fourth-order valence-electron chi connectivity index (χ4n) is 2.16. The molecule has 0 bridgehead atoms. The van der Waals surface area contributed by atoms with Crippen LogP contribution < -0.4 is 0 Å². The lowest BCUT2D eigenvalue weighted by molar-refractivity contribution is -0.158. The SMILES string of the molecule is C=CCOC(=O)C1=C(CO)S[C@H]2[C@@H]([C@@H](C)O)C(=O)N12. The van der Waals surface area contributed by atoms with Gasteiger partial charge in [-0.05, 0) is 6.92 Å². The van der Waals surface area contributed by atoms with Crippen LogP contribution in [-0.4, -0.2) is 51.7 Å². The van der Waals surface area contributed by atoms with E-state index in [2.05, 4.69) is 6.58 Å². The van der Waals surface area contributed by atoms with Crippen LogP contribution in [0.2, 0.25) is 0 Å². The maximum atomic E-state index is 11.9. The van der Waals surface area contributed by atoms with Gasteiger partial charge in [0.2, 0.25) is 5.91 Å². The molecule has 0 aromatic carbocycles. The quantitative estimate of drug-likeness (QED) is 0.414. The van der Waals surface area contributed by atoms with Gasteiger partial charge in [0.05, 0.1) is 18.6 Å². The zero-order valence-corrected chi connectivity index (χ0v) is 11.2. The van der Waals surface area contributed by atoms with Crippen LogP contribution >= 0.6 is 11.8 Å². The number of ether oxygens (including phenoxy) is 1. The summed E-state index contributed by atoms with van der Waals surface area (Å²) in [7, 11) is 0. The van der Waals surface area contributed by atoms with Gasteiger partial charge < -0.3 is 14.9 Å². The smallest absolute Gasteiger partial charge is 0.356 e. The van der Waals surface area contributed by atoms with Crippen LogP contribution in [0.25, 0.3) is 0 Å². The number of amides is 1. The molecule has 3 atom stereocenters. The molecule has 0 unspecified atom stereocenters. The van der Waals surface area contributed by atoms with E-state index >= 15 is 0 Å². The predicted octanol–water partition coefficient (Wildman–Crippen LogP) is -0.168. The molecule has 0 spiro atoms. The Morgan fingerprint density at radius 3 is 2.89 bits per heavy atom. The third-order valence-electron chi connectivity index (χ3n) is 3.04. The Morgan fingerprint density at radius 2 is 2.37 bits per heavy atom. The minimum atomic E-state index is -0.787. The van der Waals surface area contributed by atoms with Gasteiger partial charge in [-0.1, -0.05) is 24.4 Å². The summed E-state index contributed by atoms with van der Waals surface area (Å²) in [6.07, 6.45) is 0.637. The molecule has 2 aliphatic heterocycles. The van der Waals surface area contributed by atoms with Crippen LogP contribution in [0.1, 0.15) is 6.92 Å². The zero-order chi connectivity index (χ0) is 14.2. The molecular weight excluding hydrogens is 270 g/mol. The van der Waals surface area contributed by atoms with Crippen LogP contribution in [0.3, 0.4) is 0 Å². The van der Waals surface area contributed by atoms with E-state index in [9.17, 15) is 19.8 Å². The van der Waals surface area contributed by atoms with Crippen molar-refractivity contribution >= 4 is 23.6 Å². The summed E-state index contributed by atoms with van der Waals surface area (Å²) in [5.74, 6) is -1.52. The molecule has 0 aliphatic carbocycles. The molecule has 0 saturated carbocycles. The van der Waals surface area contributed by atoms with Crippen molar-refractivity contribution in [3.05, 3.63) is 23.3 Å². The van der Waals surface area contributed by atoms with Crippen LogP contribution in [0.5, 0.6) is 0 Å². The van der Waals surface area contributed by atoms with Gasteiger partial charge in [-0.15, -0.1) is 0 Å². The number of fused-ring (bicyclic) bond motifs is 1. The van der Waals surface area contributed by atoms with Gasteiger partial charge in [0.15, 0.2) is 0 Å². The van der Waals surface area contributed by atoms with Gasteiger partial charge in [0, 0.05) is 4.91 Å². The second-order valence-corrected chi connectivity index (χ2v) is 5.51. The standard InChI is InChI=1S/C12H15NO5S/c1-3-4-18-12(17)9-7(5-14)19-11-8(6(2)15)10(16)13(9)11/h3,6,8,11,14-15H,1,4-5H2,2H3/t6-,8+,11+/m1/s1. The fraction of sp³-hybridized carbons (Fsp3) is 0.500. The zero-order valence-electron chi connectivity index (χ0n) is 10.4. The van der Waals surface area contributed by atoms with E-state index in [4.69, 9.17) is 4.74 Å². The van der Waals surface area contributed by atoms with Crippen molar-refractivity contribution in [1.82, 2.24) is 4.90 Å². The number of esters is 1. The Kier molecular flexibility index (Phi) is 3.98. The summed E-state index contributed by atoms with van der Waals surface area (Å²) in [4.78, 5) is 25.5. The molecule has 1 amide bonds. The predicted molar refractivity (Wildman–Crippen MR) is 68.7 cm³/mol. The number of rotatable bonds is 5. The Morgan fingerprint density at radius 1 is 1.68 bits per heavy atom. The van der Waals surface area contributed by atoms with E-state index in [1.807, 2.05) is 0 Å². The van der Waals surface area contributed by atoms with Gasteiger partial charge in [-0.3, -0.25) is 9.69 Å². The molecule has 1 saturated heterocycles. The molecule has 0 radical (unpaired) electrons. The largest absolute Gasteiger partial charge is 0.457 e. The summed E-state index contributed by atoms with van der Waals surface area (Å²) in [6, 6.07) is 0. The molecule has 2 N–H and O–H groups in total. The minimum absolute atomic E-state index is 0.0399. The van der Waals surface area contributed by atoms with Gasteiger partial charge in [-0.25, -0.2) is 4.79 Å². The van der Waals surface area contributed by atoms with E-state index in [1.54, 1.807) is 0 Å². The molecule has 0 aromatic heterocycles. The van der Waals surface area contributed by atoms with Crippen molar-refractivity contribution in [2.24, 2.45) is 5.92 Å². The first-order valence-electron chi connectivity index (χ1n) is 5.82. The van der Waals surface area contributed by atoms with E-state index in [0.29, 0.717) is 4.91 Å². The van der Waals surface area contributed by atoms with E-state index in [-0.39, 0.29) is 30.2 Å². The summed E-state index contributed by atoms with van der Waals surface area (Å²) in [6.45, 7) is 4.67. The lowest BCUT2D eigenvalue weighted by atomic mass is 9.92. The van der Waals surface area contributed by atoms with Gasteiger partial charge in [-0.2, -0.15) is 0 Å². The number of thioether (sulfide) groups is 1. The number of carbonyl (C=O) groups excluding carboxylic acids is 2. The number of aliphatic hydroxyl groups is 2. The first-order valence-corrected chi connectivity index (χ1v) is 6.70. The van der Waals surface area contributed by atoms with Crippen molar-refractivity contribution < 1.29 is 24.5 Å². The number of nitrogens with zero attached hydrogens (tertiary/aromatic N) is 1. The maximum Gasteiger partial charge on any atom is 0.356 e. The topological polar surface area (TPSA) is 87.1 Å². The normalized spacial score (nSPS) is 26.9. The molecule has 104 valence electrons. The number of hydrogen-bond acceptors (Lipinski definition) is 6. The molecule has 2 heterocycles. The first-order chi connectivity index (χ1) is 9.02. The van der Waals surface area contributed by atoms with Crippen molar-refractivity contribution in [3.8, 4) is 0 Å². The summed E-state index contributed by atoms with van der Waals surface area (Å²) in [5.41, 5.74) is 0.0845. The molecule has 1 fully saturated rings. The molecule has 0 aromatic rings. The lowest BCUT2D eigenvalue weighted by Crippen LogP contribution is -2.60. The van der Waals surface area contributed by atoms with Gasteiger partial charge in [0.1, 0.15) is 17.7 Å². The first kappa shape index (κ1) is 14.1. The van der Waals surface area contributed by atoms with Crippen molar-refractivity contribution in [1.29, 1.82) is 0 Å². The Bertz CT molecular complexity index is 459. The average Bonchev–Trinajstić information content (AvgIpc) is 2.69. The highest BCUT2D eigenvalue weighted by atomic mass is 32.2. The maximum absolute atomic E-state index is 11.9. The minimum Gasteiger partial charge on any atom is -0.457 e. The second-order valence-electron chi connectivity index (χ2n) is 4.30. The van der Waals surface area contributed by atoms with Crippen LogP contribution in [-0.2, 0) is 14.3 Å². The summed E-state index contributed by atoms with van der Waals surface area (Å²) in [5, 5.41) is 18.5. The van der Waals surface area contributed by atoms with Gasteiger partial charge in [0.25, 0.3) is 0 Å². The summed E-state index contributed by atoms with van der Waals surface area (Å²) >= 11 is 1.22. The number of hydrogen-bond donors (Lipinski definition) is 2. The third kappa shape index (κ3) is 2.18. The highest BCUT2D eigenvalue weighted by Gasteiger charge is 2.57. The summed E-state index contributed by atoms with van der Waals surface area (Å²) < 4.78 is 4.91. The van der Waals surface area contributed by atoms with Crippen LogP contribution in [0.15, 0.2) is 23.3 Å². The average molecular weight is 285 g/mol. The molecule has 6 nitrogen and oxygen atoms in total. The molecule has 2 aliphatic rings. The second kappa shape index (κ2) is 5.36. The van der Waals surface area contributed by atoms with Crippen LogP contribution in [0.4, 0.5) is 0 Å². The highest BCUT2D eigenvalue weighted by Crippen LogP contribution is 2.50. The molecule has 7 heteroatoms. The number of β-lactam (4-membered cyclic amide) rings is 1. The number of carbonyl (C=O) groups is 2. The van der Waals surface area contributed by atoms with E-state index in [1.165, 1.54) is 29.7 Å². The monoisotopic (exact) mass is 285 g/mol. The third-order valence-corrected chi connectivity index (χ3v) is 4.39. The van der Waals surface area contributed by atoms with Crippen molar-refractivity contribution in [3.63, 3.8) is 0 Å². The van der Waals surface area contributed by atoms with Crippen LogP contribution in [0, 0.1) is 5.92 Å². The van der Waals surface area contributed by atoms with Gasteiger partial charge >= 0.3 is 5.97 Å². The fourth-order valence-corrected chi connectivity index (χ4v) is 3.62. The van der Waals surface area contributed by atoms with Crippen molar-refractivity contribution in [2.45, 2.75) is 18.4 Å². The Hall–Kier alpha value is -1.31. The highest BCUT2D eigenvalue weighted by molar-refractivity contribution is 8.04.